The summed E-state index contributed by atoms with van der Waals surface area (Å²) in [6.45, 7) is 6.53. The molecule has 0 radical (unpaired) electrons. The summed E-state index contributed by atoms with van der Waals surface area (Å²) in [7, 11) is 1.64. The van der Waals surface area contributed by atoms with Crippen LogP contribution in [0.4, 0.5) is 4.39 Å². The third-order valence-electron chi connectivity index (χ3n) is 5.88. The molecule has 6 heteroatoms. The Morgan fingerprint density at radius 3 is 2.57 bits per heavy atom. The fourth-order valence-electron chi connectivity index (χ4n) is 4.13. The van der Waals surface area contributed by atoms with E-state index >= 15 is 0 Å². The van der Waals surface area contributed by atoms with Crippen molar-refractivity contribution in [2.45, 2.75) is 27.3 Å². The van der Waals surface area contributed by atoms with Crippen LogP contribution < -0.4 is 14.8 Å². The average molecular weight is 474 g/mol. The maximum absolute atomic E-state index is 13.1. The number of benzene rings is 3. The van der Waals surface area contributed by atoms with E-state index in [0.717, 1.165) is 50.1 Å². The molecule has 0 unspecified atom stereocenters. The predicted molar refractivity (Wildman–Crippen MR) is 136 cm³/mol. The summed E-state index contributed by atoms with van der Waals surface area (Å²) in [5.74, 6) is 0.873. The number of para-hydroxylation sites is 1. The normalized spacial score (nSPS) is 11.5. The number of furan rings is 1. The van der Waals surface area contributed by atoms with Gasteiger partial charge in [-0.3, -0.25) is 4.79 Å². The molecule has 3 aromatic carbocycles. The summed E-state index contributed by atoms with van der Waals surface area (Å²) in [5.41, 5.74) is 5.79. The molecule has 4 rings (SSSR count). The summed E-state index contributed by atoms with van der Waals surface area (Å²) in [6.07, 6.45) is 3.28. The molecule has 1 N–H and O–H groups in total. The second-order valence-electron chi connectivity index (χ2n) is 8.21. The number of ether oxygens (including phenoxy) is 2. The highest BCUT2D eigenvalue weighted by molar-refractivity contribution is 6.02. The van der Waals surface area contributed by atoms with E-state index in [1.807, 2.05) is 51.1 Å². The number of hydrogen-bond acceptors (Lipinski definition) is 4. The smallest absolute Gasteiger partial charge is 0.244 e. The van der Waals surface area contributed by atoms with Crippen LogP contribution in [0.15, 0.2) is 71.4 Å². The van der Waals surface area contributed by atoms with Gasteiger partial charge < -0.3 is 19.2 Å². The number of rotatable bonds is 8. The van der Waals surface area contributed by atoms with E-state index in [-0.39, 0.29) is 11.7 Å². The van der Waals surface area contributed by atoms with Crippen LogP contribution in [0.5, 0.6) is 11.5 Å². The molecular formula is C29H28FNO4. The number of halogens is 1. The Kier molecular flexibility index (Phi) is 7.20. The van der Waals surface area contributed by atoms with E-state index in [9.17, 15) is 9.18 Å². The van der Waals surface area contributed by atoms with Crippen LogP contribution in [-0.4, -0.2) is 19.6 Å². The molecule has 0 atom stereocenters. The largest absolute Gasteiger partial charge is 0.496 e. The molecule has 1 amide bonds. The topological polar surface area (TPSA) is 60.7 Å². The van der Waals surface area contributed by atoms with Crippen LogP contribution in [0, 0.1) is 12.7 Å². The van der Waals surface area contributed by atoms with Crippen molar-refractivity contribution in [3.63, 3.8) is 0 Å². The van der Waals surface area contributed by atoms with Gasteiger partial charge in [0.15, 0.2) is 0 Å². The summed E-state index contributed by atoms with van der Waals surface area (Å²) in [6, 6.07) is 15.8. The SMILES string of the molecule is CCOc1c(/C(C)=C/C(=O)NCc2ccc(F)cc2)cc2c(-c3ccccc3OC)coc2c1C. The quantitative estimate of drug-likeness (QED) is 0.290. The van der Waals surface area contributed by atoms with E-state index in [0.29, 0.717) is 18.9 Å². The Bertz CT molecular complexity index is 1390. The number of allylic oxidation sites excluding steroid dienone is 1. The van der Waals surface area contributed by atoms with E-state index in [1.165, 1.54) is 12.1 Å². The predicted octanol–water partition coefficient (Wildman–Crippen LogP) is 6.67. The van der Waals surface area contributed by atoms with Crippen LogP contribution >= 0.6 is 0 Å². The minimum Gasteiger partial charge on any atom is -0.496 e. The monoisotopic (exact) mass is 473 g/mol. The molecule has 0 aliphatic carbocycles. The van der Waals surface area contributed by atoms with Crippen molar-refractivity contribution in [1.29, 1.82) is 0 Å². The number of nitrogens with one attached hydrogen (secondary N) is 1. The van der Waals surface area contributed by atoms with Gasteiger partial charge in [-0.05, 0) is 56.2 Å². The van der Waals surface area contributed by atoms with E-state index in [4.69, 9.17) is 13.9 Å². The van der Waals surface area contributed by atoms with Crippen molar-refractivity contribution in [3.8, 4) is 22.6 Å². The maximum Gasteiger partial charge on any atom is 0.244 e. The lowest BCUT2D eigenvalue weighted by atomic mass is 9.96. The van der Waals surface area contributed by atoms with Gasteiger partial charge in [-0.25, -0.2) is 4.39 Å². The highest BCUT2D eigenvalue weighted by Gasteiger charge is 2.20. The van der Waals surface area contributed by atoms with Crippen molar-refractivity contribution in [3.05, 3.63) is 89.4 Å². The second kappa shape index (κ2) is 10.5. The van der Waals surface area contributed by atoms with Crippen LogP contribution in [0.1, 0.15) is 30.5 Å². The first-order chi connectivity index (χ1) is 16.9. The molecular weight excluding hydrogens is 445 g/mol. The Morgan fingerprint density at radius 2 is 1.86 bits per heavy atom. The number of methoxy groups -OCH3 is 1. The zero-order valence-corrected chi connectivity index (χ0v) is 20.3. The average Bonchev–Trinajstić information content (AvgIpc) is 3.29. The van der Waals surface area contributed by atoms with Gasteiger partial charge in [0.2, 0.25) is 5.91 Å². The molecule has 0 bridgehead atoms. The number of carbonyl (C=O) groups excluding carboxylic acids is 1. The molecule has 4 aromatic rings. The lowest BCUT2D eigenvalue weighted by Crippen LogP contribution is -2.20. The minimum absolute atomic E-state index is 0.246. The standard InChI is InChI=1S/C29H28FNO4/c1-5-34-28-19(3)29-24(25(17-35-29)22-8-6-7-9-26(22)33-4)15-23(28)18(2)14-27(32)31-16-20-10-12-21(30)13-11-20/h6-15,17H,5,16H2,1-4H3,(H,31,32)/b18-14+. The molecule has 0 saturated carbocycles. The van der Waals surface area contributed by atoms with Gasteiger partial charge in [-0.2, -0.15) is 0 Å². The summed E-state index contributed by atoms with van der Waals surface area (Å²) in [5, 5.41) is 3.76. The van der Waals surface area contributed by atoms with Gasteiger partial charge >= 0.3 is 0 Å². The van der Waals surface area contributed by atoms with E-state index in [2.05, 4.69) is 5.32 Å². The number of hydrogen-bond donors (Lipinski definition) is 1. The van der Waals surface area contributed by atoms with Crippen molar-refractivity contribution >= 4 is 22.4 Å². The number of carbonyl (C=O) groups is 1. The lowest BCUT2D eigenvalue weighted by Gasteiger charge is -2.15. The van der Waals surface area contributed by atoms with Crippen molar-refractivity contribution < 1.29 is 23.1 Å². The van der Waals surface area contributed by atoms with Crippen LogP contribution in [0.25, 0.3) is 27.7 Å². The molecule has 0 saturated heterocycles. The van der Waals surface area contributed by atoms with Gasteiger partial charge in [0.25, 0.3) is 0 Å². The minimum atomic E-state index is -0.309. The van der Waals surface area contributed by atoms with E-state index < -0.39 is 0 Å². The van der Waals surface area contributed by atoms with E-state index in [1.54, 1.807) is 31.6 Å². The molecule has 0 fully saturated rings. The van der Waals surface area contributed by atoms with Crippen molar-refractivity contribution in [2.75, 3.05) is 13.7 Å². The molecule has 0 aliphatic heterocycles. The highest BCUT2D eigenvalue weighted by Crippen LogP contribution is 2.42. The first-order valence-corrected chi connectivity index (χ1v) is 11.4. The molecule has 1 heterocycles. The first kappa shape index (κ1) is 24.1. The third-order valence-corrected chi connectivity index (χ3v) is 5.88. The number of amides is 1. The zero-order chi connectivity index (χ0) is 24.9. The molecule has 1 aromatic heterocycles. The summed E-state index contributed by atoms with van der Waals surface area (Å²) in [4.78, 5) is 12.7. The third kappa shape index (κ3) is 5.06. The van der Waals surface area contributed by atoms with Gasteiger partial charge in [-0.15, -0.1) is 0 Å². The Morgan fingerprint density at radius 1 is 1.11 bits per heavy atom. The number of aryl methyl sites for hydroxylation is 1. The molecule has 35 heavy (non-hydrogen) atoms. The molecule has 180 valence electrons. The van der Waals surface area contributed by atoms with Crippen molar-refractivity contribution in [1.82, 2.24) is 5.32 Å². The fraction of sp³-hybridized carbons (Fsp3) is 0.207. The fourth-order valence-corrected chi connectivity index (χ4v) is 4.13. The Hall–Kier alpha value is -4.06. The molecule has 0 spiro atoms. The number of fused-ring (bicyclic) bond motifs is 1. The van der Waals surface area contributed by atoms with Gasteiger partial charge in [0.1, 0.15) is 22.9 Å². The van der Waals surface area contributed by atoms with Gasteiger partial charge in [0, 0.05) is 40.3 Å². The first-order valence-electron chi connectivity index (χ1n) is 11.4. The Balaban J connectivity index is 1.72. The second-order valence-corrected chi connectivity index (χ2v) is 8.21. The van der Waals surface area contributed by atoms with Crippen LogP contribution in [0.3, 0.4) is 0 Å². The van der Waals surface area contributed by atoms with Gasteiger partial charge in [0.05, 0.1) is 20.0 Å². The highest BCUT2D eigenvalue weighted by atomic mass is 19.1. The summed E-state index contributed by atoms with van der Waals surface area (Å²) >= 11 is 0. The molecule has 0 aliphatic rings. The maximum atomic E-state index is 13.1. The van der Waals surface area contributed by atoms with Crippen molar-refractivity contribution in [2.24, 2.45) is 0 Å². The van der Waals surface area contributed by atoms with Gasteiger partial charge in [-0.1, -0.05) is 30.3 Å². The summed E-state index contributed by atoms with van der Waals surface area (Å²) < 4.78 is 30.6. The van der Waals surface area contributed by atoms with Crippen LogP contribution in [0.2, 0.25) is 0 Å². The van der Waals surface area contributed by atoms with Crippen LogP contribution in [-0.2, 0) is 11.3 Å². The molecule has 5 nitrogen and oxygen atoms in total. The zero-order valence-electron chi connectivity index (χ0n) is 20.3. The lowest BCUT2D eigenvalue weighted by molar-refractivity contribution is -0.116. The Labute approximate surface area is 204 Å².